The summed E-state index contributed by atoms with van der Waals surface area (Å²) in [5.41, 5.74) is 4.51. The van der Waals surface area contributed by atoms with Crippen LogP contribution in [0, 0.1) is 13.8 Å². The van der Waals surface area contributed by atoms with Crippen molar-refractivity contribution >= 4 is 28.9 Å². The predicted molar refractivity (Wildman–Crippen MR) is 93.7 cm³/mol. The Morgan fingerprint density at radius 2 is 1.88 bits per heavy atom. The Morgan fingerprint density at radius 3 is 2.58 bits per heavy atom. The van der Waals surface area contributed by atoms with Crippen LogP contribution in [-0.2, 0) is 4.74 Å². The summed E-state index contributed by atoms with van der Waals surface area (Å²) < 4.78 is 4.67. The molecule has 7 heteroatoms. The number of esters is 1. The summed E-state index contributed by atoms with van der Waals surface area (Å²) in [6, 6.07) is 7.91. The number of aryl methyl sites for hydroxylation is 2. The Kier molecular flexibility index (Phi) is 4.52. The lowest BCUT2D eigenvalue weighted by Crippen LogP contribution is -2.01. The molecule has 0 aliphatic rings. The summed E-state index contributed by atoms with van der Waals surface area (Å²) in [5, 5.41) is 5.27. The van der Waals surface area contributed by atoms with Gasteiger partial charge in [-0.15, -0.1) is 11.3 Å². The van der Waals surface area contributed by atoms with Crippen LogP contribution in [0.15, 0.2) is 35.8 Å². The standard InChI is InChI=1S/C17H16N4O2S/c1-10-6-11(2)8-12(7-10)19-17-18-5-4-13(21-17)14-9-24-15(20-14)16(22)23-3/h4-9H,1-3H3,(H,18,19,21). The van der Waals surface area contributed by atoms with Gasteiger partial charge in [0.05, 0.1) is 12.8 Å². The average Bonchev–Trinajstić information content (AvgIpc) is 3.03. The smallest absolute Gasteiger partial charge is 0.367 e. The molecular weight excluding hydrogens is 324 g/mol. The number of carbonyl (C=O) groups is 1. The van der Waals surface area contributed by atoms with Crippen LogP contribution in [0.4, 0.5) is 11.6 Å². The maximum absolute atomic E-state index is 11.5. The van der Waals surface area contributed by atoms with Crippen molar-refractivity contribution in [1.29, 1.82) is 0 Å². The molecule has 2 heterocycles. The molecular formula is C17H16N4O2S. The number of rotatable bonds is 4. The second-order valence-corrected chi connectivity index (χ2v) is 6.15. The molecule has 1 aromatic carbocycles. The zero-order chi connectivity index (χ0) is 17.1. The van der Waals surface area contributed by atoms with E-state index in [9.17, 15) is 4.79 Å². The van der Waals surface area contributed by atoms with Gasteiger partial charge in [0.1, 0.15) is 5.69 Å². The van der Waals surface area contributed by atoms with Gasteiger partial charge in [-0.3, -0.25) is 0 Å². The van der Waals surface area contributed by atoms with Gasteiger partial charge >= 0.3 is 5.97 Å². The number of nitrogens with zero attached hydrogens (tertiary/aromatic N) is 3. The molecule has 0 amide bonds. The first-order valence-electron chi connectivity index (χ1n) is 7.28. The third-order valence-corrected chi connectivity index (χ3v) is 4.08. The molecule has 0 spiro atoms. The number of benzene rings is 1. The van der Waals surface area contributed by atoms with Crippen LogP contribution < -0.4 is 5.32 Å². The lowest BCUT2D eigenvalue weighted by Gasteiger charge is -2.07. The molecule has 0 radical (unpaired) electrons. The number of anilines is 2. The van der Waals surface area contributed by atoms with Gasteiger partial charge in [-0.1, -0.05) is 6.07 Å². The number of hydrogen-bond donors (Lipinski definition) is 1. The van der Waals surface area contributed by atoms with Crippen LogP contribution >= 0.6 is 11.3 Å². The van der Waals surface area contributed by atoms with E-state index in [4.69, 9.17) is 0 Å². The van der Waals surface area contributed by atoms with E-state index in [-0.39, 0.29) is 0 Å². The fourth-order valence-electron chi connectivity index (χ4n) is 2.31. The van der Waals surface area contributed by atoms with Crippen LogP contribution in [0.3, 0.4) is 0 Å². The molecule has 122 valence electrons. The molecule has 0 unspecified atom stereocenters. The van der Waals surface area contributed by atoms with Crippen LogP contribution in [0.5, 0.6) is 0 Å². The van der Waals surface area contributed by atoms with E-state index in [1.54, 1.807) is 17.6 Å². The fraction of sp³-hybridized carbons (Fsp3) is 0.176. The zero-order valence-electron chi connectivity index (χ0n) is 13.5. The number of hydrogen-bond acceptors (Lipinski definition) is 7. The number of ether oxygens (including phenoxy) is 1. The highest BCUT2D eigenvalue weighted by atomic mass is 32.1. The van der Waals surface area contributed by atoms with Gasteiger partial charge in [0, 0.05) is 17.3 Å². The first kappa shape index (κ1) is 16.1. The predicted octanol–water partition coefficient (Wildman–Crippen LogP) is 3.75. The highest BCUT2D eigenvalue weighted by molar-refractivity contribution is 7.11. The fourth-order valence-corrected chi connectivity index (χ4v) is 3.04. The van der Waals surface area contributed by atoms with E-state index in [2.05, 4.69) is 31.1 Å². The molecule has 3 aromatic rings. The van der Waals surface area contributed by atoms with Gasteiger partial charge in [-0.2, -0.15) is 0 Å². The highest BCUT2D eigenvalue weighted by Gasteiger charge is 2.13. The maximum Gasteiger partial charge on any atom is 0.367 e. The minimum Gasteiger partial charge on any atom is -0.464 e. The van der Waals surface area contributed by atoms with Gasteiger partial charge in [-0.05, 0) is 43.2 Å². The lowest BCUT2D eigenvalue weighted by atomic mass is 10.1. The summed E-state index contributed by atoms with van der Waals surface area (Å²) in [6.45, 7) is 4.08. The minimum atomic E-state index is -0.450. The van der Waals surface area contributed by atoms with Crippen molar-refractivity contribution in [3.05, 3.63) is 52.0 Å². The minimum absolute atomic E-state index is 0.301. The molecule has 0 aliphatic heterocycles. The Bertz CT molecular complexity index is 872. The van der Waals surface area contributed by atoms with Crippen molar-refractivity contribution < 1.29 is 9.53 Å². The molecule has 6 nitrogen and oxygen atoms in total. The van der Waals surface area contributed by atoms with Crippen LogP contribution in [0.2, 0.25) is 0 Å². The molecule has 0 saturated heterocycles. The van der Waals surface area contributed by atoms with Crippen molar-refractivity contribution in [3.63, 3.8) is 0 Å². The monoisotopic (exact) mass is 340 g/mol. The number of carbonyl (C=O) groups excluding carboxylic acids is 1. The lowest BCUT2D eigenvalue weighted by molar-refractivity contribution is 0.0600. The van der Waals surface area contributed by atoms with Crippen LogP contribution in [0.1, 0.15) is 20.9 Å². The molecule has 2 aromatic heterocycles. The molecule has 0 bridgehead atoms. The number of thiazole rings is 1. The van der Waals surface area contributed by atoms with Crippen LogP contribution in [-0.4, -0.2) is 28.0 Å². The van der Waals surface area contributed by atoms with E-state index in [0.29, 0.717) is 22.3 Å². The molecule has 3 rings (SSSR count). The van der Waals surface area contributed by atoms with Gasteiger partial charge < -0.3 is 10.1 Å². The Balaban J connectivity index is 1.86. The Morgan fingerprint density at radius 1 is 1.12 bits per heavy atom. The van der Waals surface area contributed by atoms with Crippen molar-refractivity contribution in [3.8, 4) is 11.4 Å². The maximum atomic E-state index is 11.5. The van der Waals surface area contributed by atoms with E-state index in [0.717, 1.165) is 16.8 Å². The Hall–Kier alpha value is -2.80. The van der Waals surface area contributed by atoms with E-state index in [1.165, 1.54) is 18.4 Å². The first-order valence-corrected chi connectivity index (χ1v) is 8.15. The van der Waals surface area contributed by atoms with Gasteiger partial charge in [-0.25, -0.2) is 19.7 Å². The average molecular weight is 340 g/mol. The number of nitrogens with one attached hydrogen (secondary N) is 1. The van der Waals surface area contributed by atoms with Crippen molar-refractivity contribution in [1.82, 2.24) is 15.0 Å². The van der Waals surface area contributed by atoms with E-state index in [1.807, 2.05) is 26.0 Å². The zero-order valence-corrected chi connectivity index (χ0v) is 14.3. The number of aromatic nitrogens is 3. The molecule has 24 heavy (non-hydrogen) atoms. The number of methoxy groups -OCH3 is 1. The van der Waals surface area contributed by atoms with Gasteiger partial charge in [0.2, 0.25) is 11.0 Å². The molecule has 0 fully saturated rings. The second kappa shape index (κ2) is 6.76. The summed E-state index contributed by atoms with van der Waals surface area (Å²) in [6.07, 6.45) is 1.66. The summed E-state index contributed by atoms with van der Waals surface area (Å²) in [7, 11) is 1.33. The molecule has 0 atom stereocenters. The van der Waals surface area contributed by atoms with E-state index < -0.39 is 5.97 Å². The SMILES string of the molecule is COC(=O)c1nc(-c2ccnc(Nc3cc(C)cc(C)c3)n2)cs1. The molecule has 0 aliphatic carbocycles. The first-order chi connectivity index (χ1) is 11.5. The highest BCUT2D eigenvalue weighted by Crippen LogP contribution is 2.23. The summed E-state index contributed by atoms with van der Waals surface area (Å²) in [5.74, 6) is 0.0269. The van der Waals surface area contributed by atoms with Gasteiger partial charge in [0.15, 0.2) is 0 Å². The Labute approximate surface area is 143 Å². The largest absolute Gasteiger partial charge is 0.464 e. The van der Waals surface area contributed by atoms with Gasteiger partial charge in [0.25, 0.3) is 0 Å². The third kappa shape index (κ3) is 3.57. The normalized spacial score (nSPS) is 10.5. The quantitative estimate of drug-likeness (QED) is 0.729. The van der Waals surface area contributed by atoms with E-state index >= 15 is 0 Å². The summed E-state index contributed by atoms with van der Waals surface area (Å²) in [4.78, 5) is 24.5. The van der Waals surface area contributed by atoms with Crippen LogP contribution in [0.25, 0.3) is 11.4 Å². The summed E-state index contributed by atoms with van der Waals surface area (Å²) >= 11 is 1.22. The third-order valence-electron chi connectivity index (χ3n) is 3.26. The topological polar surface area (TPSA) is 77.0 Å². The van der Waals surface area contributed by atoms with Crippen molar-refractivity contribution in [2.75, 3.05) is 12.4 Å². The molecule has 0 saturated carbocycles. The second-order valence-electron chi connectivity index (χ2n) is 5.30. The molecule has 1 N–H and O–H groups in total. The van der Waals surface area contributed by atoms with Crippen molar-refractivity contribution in [2.24, 2.45) is 0 Å². The van der Waals surface area contributed by atoms with Crippen molar-refractivity contribution in [2.45, 2.75) is 13.8 Å².